The lowest BCUT2D eigenvalue weighted by atomic mass is 10.1. The second kappa shape index (κ2) is 7.23. The first kappa shape index (κ1) is 17.0. The van der Waals surface area contributed by atoms with E-state index < -0.39 is 10.2 Å². The smallest absolute Gasteiger partial charge is 0.277 e. The van der Waals surface area contributed by atoms with Crippen LogP contribution in [0.25, 0.3) is 0 Å². The SMILES string of the molecule is CC(C)NS(=O)(=O)NCC(c1ccc(Cl)cc1)n1ccnc1. The van der Waals surface area contributed by atoms with Gasteiger partial charge < -0.3 is 4.57 Å². The van der Waals surface area contributed by atoms with E-state index in [0.29, 0.717) is 5.02 Å². The Kier molecular flexibility index (Phi) is 5.57. The van der Waals surface area contributed by atoms with Crippen LogP contribution in [0.2, 0.25) is 5.02 Å². The van der Waals surface area contributed by atoms with Crippen LogP contribution >= 0.6 is 11.6 Å². The molecule has 0 aliphatic carbocycles. The van der Waals surface area contributed by atoms with Crippen molar-refractivity contribution in [2.45, 2.75) is 25.9 Å². The lowest BCUT2D eigenvalue weighted by Crippen LogP contribution is -2.42. The highest BCUT2D eigenvalue weighted by atomic mass is 35.5. The van der Waals surface area contributed by atoms with Gasteiger partial charge in [-0.2, -0.15) is 17.9 Å². The van der Waals surface area contributed by atoms with Crippen molar-refractivity contribution in [3.8, 4) is 0 Å². The fourth-order valence-corrected chi connectivity index (χ4v) is 3.28. The highest BCUT2D eigenvalue weighted by Crippen LogP contribution is 2.20. The Morgan fingerprint density at radius 2 is 1.95 bits per heavy atom. The second-order valence-electron chi connectivity index (χ2n) is 5.20. The van der Waals surface area contributed by atoms with Crippen molar-refractivity contribution in [2.75, 3.05) is 6.54 Å². The maximum atomic E-state index is 11.9. The van der Waals surface area contributed by atoms with Crippen LogP contribution in [0.15, 0.2) is 43.0 Å². The zero-order valence-corrected chi connectivity index (χ0v) is 14.0. The molecule has 0 bridgehead atoms. The molecule has 2 aromatic rings. The van der Waals surface area contributed by atoms with Gasteiger partial charge in [0.1, 0.15) is 0 Å². The average molecular weight is 343 g/mol. The molecule has 1 atom stereocenters. The third-order valence-electron chi connectivity index (χ3n) is 3.00. The molecule has 2 N–H and O–H groups in total. The van der Waals surface area contributed by atoms with Gasteiger partial charge in [0.25, 0.3) is 10.2 Å². The first-order valence-corrected chi connectivity index (χ1v) is 8.73. The quantitative estimate of drug-likeness (QED) is 0.807. The van der Waals surface area contributed by atoms with E-state index in [1.807, 2.05) is 16.7 Å². The molecule has 6 nitrogen and oxygen atoms in total. The van der Waals surface area contributed by atoms with Crippen LogP contribution in [-0.2, 0) is 10.2 Å². The summed E-state index contributed by atoms with van der Waals surface area (Å²) in [4.78, 5) is 4.02. The Bertz CT molecular complexity index is 684. The molecule has 0 aliphatic heterocycles. The molecule has 0 radical (unpaired) electrons. The summed E-state index contributed by atoms with van der Waals surface area (Å²) in [5.41, 5.74) is 0.939. The van der Waals surface area contributed by atoms with Gasteiger partial charge in [-0.05, 0) is 31.5 Å². The molecule has 0 saturated heterocycles. The largest absolute Gasteiger partial charge is 0.329 e. The third-order valence-corrected chi connectivity index (χ3v) is 4.58. The molecular weight excluding hydrogens is 324 g/mol. The summed E-state index contributed by atoms with van der Waals surface area (Å²) >= 11 is 5.91. The van der Waals surface area contributed by atoms with E-state index in [-0.39, 0.29) is 18.6 Å². The van der Waals surface area contributed by atoms with Gasteiger partial charge in [-0.1, -0.05) is 23.7 Å². The van der Waals surface area contributed by atoms with E-state index in [1.54, 1.807) is 44.7 Å². The molecule has 0 spiro atoms. The van der Waals surface area contributed by atoms with Gasteiger partial charge in [-0.15, -0.1) is 0 Å². The number of hydrogen-bond donors (Lipinski definition) is 2. The van der Waals surface area contributed by atoms with E-state index in [9.17, 15) is 8.42 Å². The van der Waals surface area contributed by atoms with Crippen molar-refractivity contribution in [2.24, 2.45) is 0 Å². The Morgan fingerprint density at radius 3 is 2.50 bits per heavy atom. The molecule has 0 fully saturated rings. The Labute approximate surface area is 135 Å². The molecule has 2 rings (SSSR count). The standard InChI is InChI=1S/C14H19ClN4O2S/c1-11(2)18-22(20,21)17-9-14(19-8-7-16-10-19)12-3-5-13(15)6-4-12/h3-8,10-11,14,17-18H,9H2,1-2H3. The van der Waals surface area contributed by atoms with Crippen LogP contribution in [0.4, 0.5) is 0 Å². The van der Waals surface area contributed by atoms with Crippen molar-refractivity contribution in [3.05, 3.63) is 53.6 Å². The van der Waals surface area contributed by atoms with E-state index in [0.717, 1.165) is 5.56 Å². The van der Waals surface area contributed by atoms with Crippen molar-refractivity contribution in [3.63, 3.8) is 0 Å². The molecule has 120 valence electrons. The van der Waals surface area contributed by atoms with Gasteiger partial charge in [0.05, 0.1) is 12.4 Å². The summed E-state index contributed by atoms with van der Waals surface area (Å²) < 4.78 is 30.8. The topological polar surface area (TPSA) is 76.0 Å². The minimum atomic E-state index is -3.54. The molecule has 0 amide bonds. The lowest BCUT2D eigenvalue weighted by Gasteiger charge is -2.20. The predicted octanol–water partition coefficient (Wildman–Crippen LogP) is 1.96. The number of nitrogens with one attached hydrogen (secondary N) is 2. The van der Waals surface area contributed by atoms with Crippen LogP contribution in [0.5, 0.6) is 0 Å². The third kappa shape index (κ3) is 4.81. The number of benzene rings is 1. The van der Waals surface area contributed by atoms with Crippen molar-refractivity contribution < 1.29 is 8.42 Å². The summed E-state index contributed by atoms with van der Waals surface area (Å²) in [6.45, 7) is 3.75. The van der Waals surface area contributed by atoms with Crippen LogP contribution in [0.1, 0.15) is 25.5 Å². The Hall–Kier alpha value is -1.41. The molecule has 1 heterocycles. The summed E-state index contributed by atoms with van der Waals surface area (Å²) in [7, 11) is -3.54. The zero-order chi connectivity index (χ0) is 16.2. The minimum Gasteiger partial charge on any atom is -0.329 e. The number of imidazole rings is 1. The molecular formula is C14H19ClN4O2S. The average Bonchev–Trinajstić information content (AvgIpc) is 2.93. The van der Waals surface area contributed by atoms with Gasteiger partial charge in [0.15, 0.2) is 0 Å². The zero-order valence-electron chi connectivity index (χ0n) is 12.4. The Morgan fingerprint density at radius 1 is 1.27 bits per heavy atom. The van der Waals surface area contributed by atoms with Crippen LogP contribution in [0, 0.1) is 0 Å². The predicted molar refractivity (Wildman–Crippen MR) is 87.0 cm³/mol. The van der Waals surface area contributed by atoms with Gasteiger partial charge in [-0.3, -0.25) is 0 Å². The van der Waals surface area contributed by atoms with E-state index in [2.05, 4.69) is 14.4 Å². The van der Waals surface area contributed by atoms with Crippen molar-refractivity contribution in [1.82, 2.24) is 19.0 Å². The minimum absolute atomic E-state index is 0.167. The fourth-order valence-electron chi connectivity index (χ4n) is 2.07. The molecule has 1 aromatic carbocycles. The second-order valence-corrected chi connectivity index (χ2v) is 7.17. The molecule has 0 saturated carbocycles. The number of aromatic nitrogens is 2. The normalized spacial score (nSPS) is 13.5. The van der Waals surface area contributed by atoms with Crippen LogP contribution < -0.4 is 9.44 Å². The first-order valence-electron chi connectivity index (χ1n) is 6.87. The molecule has 1 unspecified atom stereocenters. The maximum Gasteiger partial charge on any atom is 0.277 e. The maximum absolute atomic E-state index is 11.9. The Balaban J connectivity index is 2.18. The molecule has 1 aromatic heterocycles. The monoisotopic (exact) mass is 342 g/mol. The fraction of sp³-hybridized carbons (Fsp3) is 0.357. The van der Waals surface area contributed by atoms with E-state index in [1.165, 1.54) is 0 Å². The summed E-state index contributed by atoms with van der Waals surface area (Å²) in [5.74, 6) is 0. The number of hydrogen-bond acceptors (Lipinski definition) is 3. The number of rotatable bonds is 7. The van der Waals surface area contributed by atoms with E-state index >= 15 is 0 Å². The number of nitrogens with zero attached hydrogens (tertiary/aromatic N) is 2. The van der Waals surface area contributed by atoms with Gasteiger partial charge in [0.2, 0.25) is 0 Å². The number of halogens is 1. The highest BCUT2D eigenvalue weighted by molar-refractivity contribution is 7.87. The molecule has 8 heteroatoms. The first-order chi connectivity index (χ1) is 10.4. The lowest BCUT2D eigenvalue weighted by molar-refractivity contribution is 0.527. The summed E-state index contributed by atoms with van der Waals surface area (Å²) in [6.07, 6.45) is 5.11. The van der Waals surface area contributed by atoms with Crippen LogP contribution in [0.3, 0.4) is 0 Å². The van der Waals surface area contributed by atoms with Crippen LogP contribution in [-0.4, -0.2) is 30.6 Å². The summed E-state index contributed by atoms with van der Waals surface area (Å²) in [5, 5.41) is 0.634. The summed E-state index contributed by atoms with van der Waals surface area (Å²) in [6, 6.07) is 6.93. The van der Waals surface area contributed by atoms with Crippen molar-refractivity contribution >= 4 is 21.8 Å². The van der Waals surface area contributed by atoms with Gasteiger partial charge >= 0.3 is 0 Å². The van der Waals surface area contributed by atoms with Gasteiger partial charge in [0, 0.05) is 30.0 Å². The van der Waals surface area contributed by atoms with Crippen molar-refractivity contribution in [1.29, 1.82) is 0 Å². The molecule has 22 heavy (non-hydrogen) atoms. The highest BCUT2D eigenvalue weighted by Gasteiger charge is 2.18. The van der Waals surface area contributed by atoms with E-state index in [4.69, 9.17) is 11.6 Å². The van der Waals surface area contributed by atoms with Gasteiger partial charge in [-0.25, -0.2) is 4.98 Å². The molecule has 0 aliphatic rings.